The first-order chi connectivity index (χ1) is 55.3. The Morgan fingerprint density at radius 2 is 0.518 bits per heavy atom. The molecule has 0 N–H and O–H groups in total. The van der Waals surface area contributed by atoms with Crippen molar-refractivity contribution in [2.75, 3.05) is 19.6 Å². The van der Waals surface area contributed by atoms with Crippen LogP contribution in [0.2, 0.25) is 0 Å². The average Bonchev–Trinajstić information content (AvgIpc) is 1.37. The predicted molar refractivity (Wildman–Crippen MR) is 453 cm³/mol. The summed E-state index contributed by atoms with van der Waals surface area (Å²) in [5, 5.41) is 14.1. The second-order valence-electron chi connectivity index (χ2n) is 27.0. The van der Waals surface area contributed by atoms with Gasteiger partial charge in [0.1, 0.15) is 6.07 Å². The van der Waals surface area contributed by atoms with Crippen LogP contribution in [-0.2, 0) is 4.74 Å². The van der Waals surface area contributed by atoms with Gasteiger partial charge in [-0.2, -0.15) is 5.26 Å². The van der Waals surface area contributed by atoms with Crippen molar-refractivity contribution in [3.05, 3.63) is 427 Å². The molecule has 1 aliphatic rings. The SMILES string of the molecule is O=C1OC(=O)c2ccc(-c3ccc(N(c4ccccc4)c4ccccc4)cc3)c3c(-c4ccc(N(c5ccccc5)c5ccccc5)cc4)ccc1c23.[C-]#[N+]c1c(C#N)nc2c3ccc(-c4ccc(N(c5ccccc5)c5ccccc5)cc4)c4c(-c5ccc(N(c6ccccc6)c6ccccc6)cc5)ccc(c(=O)n12)c43. The van der Waals surface area contributed by atoms with E-state index in [1.807, 2.05) is 182 Å². The van der Waals surface area contributed by atoms with E-state index in [-0.39, 0.29) is 17.1 Å². The second-order valence-corrected chi connectivity index (χ2v) is 27.0. The lowest BCUT2D eigenvalue weighted by molar-refractivity contribution is 0.0391. The molecule has 0 spiro atoms. The number of benzene rings is 16. The van der Waals surface area contributed by atoms with Crippen molar-refractivity contribution in [2.45, 2.75) is 0 Å². The normalized spacial score (nSPS) is 11.5. The Hall–Kier alpha value is -15.8. The third-order valence-corrected chi connectivity index (χ3v) is 20.5. The number of imidazole rings is 1. The molecular formula is C100H64N8O4. The van der Waals surface area contributed by atoms with Gasteiger partial charge >= 0.3 is 17.5 Å². The summed E-state index contributed by atoms with van der Waals surface area (Å²) in [4.78, 5) is 57.5. The Kier molecular flexibility index (Phi) is 17.9. The maximum Gasteiger partial charge on any atom is 0.346 e. The van der Waals surface area contributed by atoms with Gasteiger partial charge in [-0.05, 0) is 225 Å². The molecule has 12 nitrogen and oxygen atoms in total. The van der Waals surface area contributed by atoms with E-state index >= 15 is 0 Å². The largest absolute Gasteiger partial charge is 0.386 e. The summed E-state index contributed by atoms with van der Waals surface area (Å²) >= 11 is 0. The minimum atomic E-state index is -0.635. The number of nitrogens with zero attached hydrogens (tertiary/aromatic N) is 8. The number of anilines is 12. The van der Waals surface area contributed by atoms with Gasteiger partial charge in [-0.15, -0.1) is 0 Å². The van der Waals surface area contributed by atoms with Gasteiger partial charge in [0.25, 0.3) is 5.82 Å². The van der Waals surface area contributed by atoms with Crippen LogP contribution in [0.5, 0.6) is 0 Å². The zero-order valence-electron chi connectivity index (χ0n) is 60.2. The number of carbonyl (C=O) groups excluding carboxylic acids is 2. The standard InChI is InChI=1S/C52H32N6O.C48H32N2O3/c1-54-51-47(34-53)55-50-45-32-30-43(35-22-26-41(27-23-35)56(37-14-6-2-7-15-37)38-16-8-3-9-17-38)48-44(31-33-46(49(45)48)52(59)58(50)51)36-24-28-42(29-25-36)57(39-18-10-4-11-19-39)40-20-12-5-13-21-40;51-47-43-31-29-41(33-21-25-39(26-22-33)49(35-13-5-1-6-14-35)36-15-7-2-8-16-36)45-42(30-32-44(46(43)45)48(52)53-47)34-23-27-40(28-24-34)50(37-17-9-3-10-18-37)38-19-11-4-12-20-38/h2-33H;1-32H. The summed E-state index contributed by atoms with van der Waals surface area (Å²) in [7, 11) is 0. The van der Waals surface area contributed by atoms with Crippen LogP contribution in [0.15, 0.2) is 393 Å². The summed E-state index contributed by atoms with van der Waals surface area (Å²) in [6, 6.07) is 134. The number of aromatic nitrogens is 2. The molecule has 528 valence electrons. The van der Waals surface area contributed by atoms with E-state index in [1.54, 1.807) is 12.1 Å². The van der Waals surface area contributed by atoms with Crippen molar-refractivity contribution >= 4 is 124 Å². The quantitative estimate of drug-likeness (QED) is 0.0525. The zero-order valence-corrected chi connectivity index (χ0v) is 60.2. The molecule has 3 heterocycles. The molecule has 0 saturated carbocycles. The summed E-state index contributed by atoms with van der Waals surface area (Å²) < 4.78 is 6.44. The number of hydrogen-bond donors (Lipinski definition) is 0. The van der Waals surface area contributed by atoms with Gasteiger partial charge in [0.05, 0.1) is 16.5 Å². The van der Waals surface area contributed by atoms with Gasteiger partial charge in [0.15, 0.2) is 5.69 Å². The Labute approximate surface area is 646 Å². The number of pyridine rings is 1. The lowest BCUT2D eigenvalue weighted by atomic mass is 9.86. The maximum absolute atomic E-state index is 14.3. The molecule has 0 fully saturated rings. The van der Waals surface area contributed by atoms with E-state index in [4.69, 9.17) is 11.3 Å². The van der Waals surface area contributed by atoms with Crippen molar-refractivity contribution in [1.29, 1.82) is 5.26 Å². The molecular weight excluding hydrogens is 1380 g/mol. The molecule has 18 aromatic rings. The monoisotopic (exact) mass is 1440 g/mol. The number of nitriles is 1. The molecule has 19 rings (SSSR count). The maximum atomic E-state index is 14.3. The fraction of sp³-hybridized carbons (Fsp3) is 0. The van der Waals surface area contributed by atoms with Gasteiger partial charge in [0.2, 0.25) is 5.65 Å². The molecule has 0 aliphatic carbocycles. The van der Waals surface area contributed by atoms with Crippen molar-refractivity contribution in [1.82, 2.24) is 9.38 Å². The highest BCUT2D eigenvalue weighted by Crippen LogP contribution is 2.48. The third-order valence-electron chi connectivity index (χ3n) is 20.5. The average molecular weight is 1440 g/mol. The van der Waals surface area contributed by atoms with Crippen LogP contribution >= 0.6 is 0 Å². The van der Waals surface area contributed by atoms with Crippen molar-refractivity contribution < 1.29 is 14.3 Å². The molecule has 2 aromatic heterocycles. The van der Waals surface area contributed by atoms with Crippen LogP contribution in [0.1, 0.15) is 26.4 Å². The van der Waals surface area contributed by atoms with Gasteiger partial charge in [-0.1, -0.05) is 225 Å². The number of rotatable bonds is 16. The number of fused-ring (bicyclic) bond motifs is 2. The van der Waals surface area contributed by atoms with Crippen molar-refractivity contribution in [3.8, 4) is 50.6 Å². The van der Waals surface area contributed by atoms with E-state index in [0.29, 0.717) is 32.9 Å². The Balaban J connectivity index is 0.000000157. The topological polar surface area (TPSA) is 119 Å². The van der Waals surface area contributed by atoms with Crippen LogP contribution in [-0.4, -0.2) is 21.3 Å². The Bertz CT molecular complexity index is 6220. The number of para-hydroxylation sites is 8. The number of ether oxygens (including phenoxy) is 1. The molecule has 0 unspecified atom stereocenters. The lowest BCUT2D eigenvalue weighted by Crippen LogP contribution is -2.19. The first-order valence-corrected chi connectivity index (χ1v) is 36.7. The summed E-state index contributed by atoms with van der Waals surface area (Å²) in [6.45, 7) is 7.83. The molecule has 1 aliphatic heterocycles. The minimum absolute atomic E-state index is 0.0671. The number of cyclic esters (lactones) is 2. The number of carbonyl (C=O) groups is 2. The molecule has 12 heteroatoms. The fourth-order valence-corrected chi connectivity index (χ4v) is 15.5. The fourth-order valence-electron chi connectivity index (χ4n) is 15.5. The Morgan fingerprint density at radius 1 is 0.286 bits per heavy atom. The highest BCUT2D eigenvalue weighted by molar-refractivity contribution is 6.26. The van der Waals surface area contributed by atoms with E-state index in [9.17, 15) is 19.6 Å². The first-order valence-electron chi connectivity index (χ1n) is 36.7. The van der Waals surface area contributed by atoms with Gasteiger partial charge in [0, 0.05) is 84.4 Å². The summed E-state index contributed by atoms with van der Waals surface area (Å²) in [5.41, 5.74) is 20.6. The molecule has 0 atom stereocenters. The van der Waals surface area contributed by atoms with E-state index in [0.717, 1.165) is 129 Å². The van der Waals surface area contributed by atoms with Gasteiger partial charge in [-0.3, -0.25) is 0 Å². The van der Waals surface area contributed by atoms with Crippen molar-refractivity contribution in [3.63, 3.8) is 0 Å². The molecule has 112 heavy (non-hydrogen) atoms. The highest BCUT2D eigenvalue weighted by Gasteiger charge is 2.31. The zero-order chi connectivity index (χ0) is 75.6. The van der Waals surface area contributed by atoms with E-state index in [2.05, 4.69) is 230 Å². The molecule has 16 aromatic carbocycles. The lowest BCUT2D eigenvalue weighted by Gasteiger charge is -2.26. The number of hydrogen-bond acceptors (Lipinski definition) is 10. The summed E-state index contributed by atoms with van der Waals surface area (Å²) in [5.74, 6) is -1.34. The van der Waals surface area contributed by atoms with E-state index < -0.39 is 11.9 Å². The minimum Gasteiger partial charge on any atom is -0.386 e. The molecule has 0 bridgehead atoms. The van der Waals surface area contributed by atoms with Crippen LogP contribution in [0.25, 0.3) is 87.3 Å². The van der Waals surface area contributed by atoms with Crippen LogP contribution < -0.4 is 25.2 Å². The third kappa shape index (κ3) is 12.5. The smallest absolute Gasteiger partial charge is 0.346 e. The summed E-state index contributed by atoms with van der Waals surface area (Å²) in [6.07, 6.45) is 0. The van der Waals surface area contributed by atoms with Gasteiger partial charge in [-0.25, -0.2) is 23.8 Å². The van der Waals surface area contributed by atoms with E-state index in [1.165, 1.54) is 4.40 Å². The predicted octanol–water partition coefficient (Wildman–Crippen LogP) is 25.6. The molecule has 0 amide bonds. The molecule has 0 saturated heterocycles. The van der Waals surface area contributed by atoms with Gasteiger partial charge < -0.3 is 29.2 Å². The van der Waals surface area contributed by atoms with Crippen LogP contribution in [0.4, 0.5) is 74.1 Å². The number of esters is 2. The van der Waals surface area contributed by atoms with Crippen LogP contribution in [0.3, 0.4) is 0 Å². The Morgan fingerprint density at radius 3 is 0.786 bits per heavy atom. The van der Waals surface area contributed by atoms with Crippen molar-refractivity contribution in [2.24, 2.45) is 0 Å². The molecule has 0 radical (unpaired) electrons. The van der Waals surface area contributed by atoms with Crippen LogP contribution in [0, 0.1) is 17.9 Å². The first kappa shape index (κ1) is 68.1. The second kappa shape index (κ2) is 29.5. The highest BCUT2D eigenvalue weighted by atomic mass is 16.6.